The van der Waals surface area contributed by atoms with Crippen molar-refractivity contribution in [1.29, 1.82) is 0 Å². The maximum atomic E-state index is 11.6. The van der Waals surface area contributed by atoms with Gasteiger partial charge in [-0.25, -0.2) is 9.78 Å². The molecule has 1 rings (SSSR count). The van der Waals surface area contributed by atoms with Crippen molar-refractivity contribution in [3.63, 3.8) is 0 Å². The highest BCUT2D eigenvalue weighted by Gasteiger charge is 2.09. The van der Waals surface area contributed by atoms with Gasteiger partial charge in [0.05, 0.1) is 23.9 Å². The highest BCUT2D eigenvalue weighted by molar-refractivity contribution is 7.07. The predicted octanol–water partition coefficient (Wildman–Crippen LogP) is 1.06. The van der Waals surface area contributed by atoms with Gasteiger partial charge in [0, 0.05) is 19.0 Å². The minimum atomic E-state index is -0.381. The number of carbonyl (C=O) groups is 1. The number of rotatable bonds is 5. The number of aliphatic hydroxyl groups excluding tert-OH is 1. The highest BCUT2D eigenvalue weighted by Crippen LogP contribution is 2.00. The first-order valence-electron chi connectivity index (χ1n) is 5.13. The number of thiazole rings is 1. The van der Waals surface area contributed by atoms with Gasteiger partial charge in [0.15, 0.2) is 0 Å². The number of aromatic nitrogens is 1. The number of aliphatic hydroxyl groups is 1. The average molecular weight is 243 g/mol. The molecular weight excluding hydrogens is 226 g/mol. The van der Waals surface area contributed by atoms with Crippen LogP contribution in [-0.2, 0) is 6.54 Å². The second-order valence-electron chi connectivity index (χ2n) is 3.70. The van der Waals surface area contributed by atoms with Gasteiger partial charge in [0.1, 0.15) is 0 Å². The molecule has 0 saturated heterocycles. The Kier molecular flexibility index (Phi) is 5.21. The smallest absolute Gasteiger partial charge is 0.317 e. The molecule has 90 valence electrons. The standard InChI is InChI=1S/C10H17N3O2S/c1-8(14)3-4-13(2)10(15)11-5-9-6-16-7-12-9/h6-8,14H,3-5H2,1-2H3,(H,11,15). The number of carbonyl (C=O) groups excluding carboxylic acids is 1. The average Bonchev–Trinajstić information content (AvgIpc) is 2.75. The molecule has 2 N–H and O–H groups in total. The van der Waals surface area contributed by atoms with Gasteiger partial charge in [-0.3, -0.25) is 0 Å². The third-order valence-electron chi connectivity index (χ3n) is 2.13. The van der Waals surface area contributed by atoms with Gasteiger partial charge in [0.2, 0.25) is 0 Å². The van der Waals surface area contributed by atoms with E-state index in [1.165, 1.54) is 11.3 Å². The van der Waals surface area contributed by atoms with Crippen molar-refractivity contribution >= 4 is 17.4 Å². The molecule has 0 radical (unpaired) electrons. The second kappa shape index (κ2) is 6.44. The van der Waals surface area contributed by atoms with E-state index < -0.39 is 0 Å². The van der Waals surface area contributed by atoms with Crippen LogP contribution in [0.15, 0.2) is 10.9 Å². The van der Waals surface area contributed by atoms with Crippen LogP contribution in [0.25, 0.3) is 0 Å². The number of urea groups is 1. The summed E-state index contributed by atoms with van der Waals surface area (Å²) in [6, 6.07) is -0.145. The lowest BCUT2D eigenvalue weighted by Crippen LogP contribution is -2.38. The number of hydrogen-bond donors (Lipinski definition) is 2. The lowest BCUT2D eigenvalue weighted by atomic mass is 10.3. The number of nitrogens with zero attached hydrogens (tertiary/aromatic N) is 2. The SMILES string of the molecule is CC(O)CCN(C)C(=O)NCc1cscn1. The summed E-state index contributed by atoms with van der Waals surface area (Å²) >= 11 is 1.50. The first-order chi connectivity index (χ1) is 7.59. The quantitative estimate of drug-likeness (QED) is 0.812. The van der Waals surface area contributed by atoms with Gasteiger partial charge in [-0.1, -0.05) is 0 Å². The highest BCUT2D eigenvalue weighted by atomic mass is 32.1. The summed E-state index contributed by atoms with van der Waals surface area (Å²) < 4.78 is 0. The van der Waals surface area contributed by atoms with Crippen molar-refractivity contribution in [2.75, 3.05) is 13.6 Å². The van der Waals surface area contributed by atoms with E-state index in [-0.39, 0.29) is 12.1 Å². The van der Waals surface area contributed by atoms with Crippen LogP contribution in [0, 0.1) is 0 Å². The van der Waals surface area contributed by atoms with Gasteiger partial charge in [-0.2, -0.15) is 0 Å². The van der Waals surface area contributed by atoms with Crippen LogP contribution in [0.3, 0.4) is 0 Å². The Morgan fingerprint density at radius 2 is 2.50 bits per heavy atom. The van der Waals surface area contributed by atoms with Crippen LogP contribution in [0.4, 0.5) is 4.79 Å². The largest absolute Gasteiger partial charge is 0.393 e. The molecule has 0 aliphatic carbocycles. The van der Waals surface area contributed by atoms with Gasteiger partial charge >= 0.3 is 6.03 Å². The second-order valence-corrected chi connectivity index (χ2v) is 4.42. The summed E-state index contributed by atoms with van der Waals surface area (Å²) in [5.41, 5.74) is 2.60. The third kappa shape index (κ3) is 4.59. The van der Waals surface area contributed by atoms with Gasteiger partial charge in [-0.05, 0) is 13.3 Å². The summed E-state index contributed by atoms with van der Waals surface area (Å²) in [6.45, 7) is 2.70. The summed E-state index contributed by atoms with van der Waals surface area (Å²) in [7, 11) is 1.71. The van der Waals surface area contributed by atoms with Crippen LogP contribution >= 0.6 is 11.3 Å². The Hall–Kier alpha value is -1.14. The maximum absolute atomic E-state index is 11.6. The van der Waals surface area contributed by atoms with Gasteiger partial charge in [0.25, 0.3) is 0 Å². The van der Waals surface area contributed by atoms with Crippen molar-refractivity contribution < 1.29 is 9.90 Å². The predicted molar refractivity (Wildman–Crippen MR) is 63.3 cm³/mol. The molecule has 6 heteroatoms. The fraction of sp³-hybridized carbons (Fsp3) is 0.600. The normalized spacial score (nSPS) is 12.2. The van der Waals surface area contributed by atoms with E-state index in [4.69, 9.17) is 5.11 Å². The lowest BCUT2D eigenvalue weighted by molar-refractivity contribution is 0.163. The van der Waals surface area contributed by atoms with Crippen LogP contribution in [0.5, 0.6) is 0 Å². The fourth-order valence-corrected chi connectivity index (χ4v) is 1.67. The van der Waals surface area contributed by atoms with E-state index in [9.17, 15) is 4.79 Å². The molecule has 1 heterocycles. The maximum Gasteiger partial charge on any atom is 0.317 e. The number of hydrogen-bond acceptors (Lipinski definition) is 4. The van der Waals surface area contributed by atoms with E-state index >= 15 is 0 Å². The first kappa shape index (κ1) is 12.9. The molecule has 0 fully saturated rings. The molecule has 16 heavy (non-hydrogen) atoms. The van der Waals surface area contributed by atoms with Crippen molar-refractivity contribution in [2.24, 2.45) is 0 Å². The molecule has 1 aromatic heterocycles. The van der Waals surface area contributed by atoms with Crippen molar-refractivity contribution in [2.45, 2.75) is 26.0 Å². The van der Waals surface area contributed by atoms with E-state index in [0.717, 1.165) is 5.69 Å². The van der Waals surface area contributed by atoms with Crippen molar-refractivity contribution in [3.8, 4) is 0 Å². The minimum absolute atomic E-state index is 0.145. The summed E-state index contributed by atoms with van der Waals surface area (Å²) in [6.07, 6.45) is 0.203. The molecule has 0 spiro atoms. The molecule has 1 atom stereocenters. The van der Waals surface area contributed by atoms with Gasteiger partial charge in [-0.15, -0.1) is 11.3 Å². The topological polar surface area (TPSA) is 65.5 Å². The molecular formula is C10H17N3O2S. The first-order valence-corrected chi connectivity index (χ1v) is 6.08. The van der Waals surface area contributed by atoms with E-state index in [1.54, 1.807) is 24.4 Å². The van der Waals surface area contributed by atoms with Crippen LogP contribution < -0.4 is 5.32 Å². The molecule has 2 amide bonds. The van der Waals surface area contributed by atoms with Crippen molar-refractivity contribution in [1.82, 2.24) is 15.2 Å². The Morgan fingerprint density at radius 3 is 3.06 bits per heavy atom. The van der Waals surface area contributed by atoms with E-state index in [2.05, 4.69) is 10.3 Å². The van der Waals surface area contributed by atoms with Crippen LogP contribution in [0.1, 0.15) is 19.0 Å². The van der Waals surface area contributed by atoms with Crippen LogP contribution in [0.2, 0.25) is 0 Å². The summed E-state index contributed by atoms with van der Waals surface area (Å²) in [5, 5.41) is 13.8. The van der Waals surface area contributed by atoms with E-state index in [0.29, 0.717) is 19.5 Å². The third-order valence-corrected chi connectivity index (χ3v) is 2.77. The monoisotopic (exact) mass is 243 g/mol. The zero-order chi connectivity index (χ0) is 12.0. The Labute approximate surface area is 99.1 Å². The Morgan fingerprint density at radius 1 is 1.75 bits per heavy atom. The molecule has 1 aromatic rings. The Balaban J connectivity index is 2.23. The van der Waals surface area contributed by atoms with Gasteiger partial charge < -0.3 is 15.3 Å². The number of amides is 2. The molecule has 0 aliphatic heterocycles. The summed E-state index contributed by atoms with van der Waals surface area (Å²) in [5.74, 6) is 0. The lowest BCUT2D eigenvalue weighted by Gasteiger charge is -2.18. The summed E-state index contributed by atoms with van der Waals surface area (Å²) in [4.78, 5) is 17.2. The molecule has 0 aliphatic rings. The molecule has 0 saturated carbocycles. The molecule has 5 nitrogen and oxygen atoms in total. The molecule has 0 bridgehead atoms. The van der Waals surface area contributed by atoms with Crippen LogP contribution in [-0.4, -0.2) is 40.7 Å². The fourth-order valence-electron chi connectivity index (χ4n) is 1.11. The molecule has 1 unspecified atom stereocenters. The van der Waals surface area contributed by atoms with Crippen molar-refractivity contribution in [3.05, 3.63) is 16.6 Å². The van der Waals surface area contributed by atoms with E-state index in [1.807, 2.05) is 5.38 Å². The zero-order valence-electron chi connectivity index (χ0n) is 9.51. The zero-order valence-corrected chi connectivity index (χ0v) is 10.3. The minimum Gasteiger partial charge on any atom is -0.393 e. The molecule has 0 aromatic carbocycles. The Bertz CT molecular complexity index is 314. The number of nitrogens with one attached hydrogen (secondary N) is 1.